The van der Waals surface area contributed by atoms with Gasteiger partial charge >= 0.3 is 0 Å². The third kappa shape index (κ3) is 3.46. The fourth-order valence-electron chi connectivity index (χ4n) is 2.16. The van der Waals surface area contributed by atoms with Gasteiger partial charge in [0.2, 0.25) is 0 Å². The lowest BCUT2D eigenvalue weighted by molar-refractivity contribution is 0.0644. The molecule has 1 aliphatic heterocycles. The Labute approximate surface area is 118 Å². The number of nitriles is 1. The van der Waals surface area contributed by atoms with E-state index >= 15 is 0 Å². The van der Waals surface area contributed by atoms with Crippen LogP contribution in [0.5, 0.6) is 0 Å². The number of nitrogens with zero attached hydrogens (tertiary/aromatic N) is 3. The number of carbonyl (C=O) groups is 1. The molecular formula is C14H16ClN3O. The Morgan fingerprint density at radius 3 is 2.37 bits per heavy atom. The summed E-state index contributed by atoms with van der Waals surface area (Å²) in [7, 11) is 0. The molecule has 1 amide bonds. The Kier molecular flexibility index (Phi) is 4.78. The van der Waals surface area contributed by atoms with Crippen LogP contribution in [-0.4, -0.2) is 54.3 Å². The lowest BCUT2D eigenvalue weighted by Gasteiger charge is -2.34. The summed E-state index contributed by atoms with van der Waals surface area (Å²) >= 11 is 5.71. The van der Waals surface area contributed by atoms with Gasteiger partial charge in [-0.25, -0.2) is 0 Å². The summed E-state index contributed by atoms with van der Waals surface area (Å²) in [6.07, 6.45) is 0. The van der Waals surface area contributed by atoms with Crippen LogP contribution in [0.1, 0.15) is 15.9 Å². The average molecular weight is 278 g/mol. The molecule has 4 nitrogen and oxygen atoms in total. The molecule has 5 heteroatoms. The monoisotopic (exact) mass is 277 g/mol. The van der Waals surface area contributed by atoms with Crippen molar-refractivity contribution in [1.29, 1.82) is 5.26 Å². The standard InChI is InChI=1S/C14H16ClN3O/c15-5-6-17-7-9-18(10-8-17)14(19)13-3-1-12(11-16)2-4-13/h1-4H,5-10H2. The van der Waals surface area contributed by atoms with Gasteiger partial charge in [-0.3, -0.25) is 9.69 Å². The summed E-state index contributed by atoms with van der Waals surface area (Å²) in [5, 5.41) is 8.73. The number of hydrogen-bond acceptors (Lipinski definition) is 3. The molecule has 0 N–H and O–H groups in total. The largest absolute Gasteiger partial charge is 0.336 e. The average Bonchev–Trinajstić information content (AvgIpc) is 2.48. The lowest BCUT2D eigenvalue weighted by Crippen LogP contribution is -2.49. The quantitative estimate of drug-likeness (QED) is 0.788. The fraction of sp³-hybridized carbons (Fsp3) is 0.429. The van der Waals surface area contributed by atoms with Gasteiger partial charge in [-0.05, 0) is 24.3 Å². The van der Waals surface area contributed by atoms with Crippen molar-refractivity contribution in [3.05, 3.63) is 35.4 Å². The number of benzene rings is 1. The van der Waals surface area contributed by atoms with Crippen LogP contribution in [0, 0.1) is 11.3 Å². The van der Waals surface area contributed by atoms with E-state index in [9.17, 15) is 4.79 Å². The zero-order valence-electron chi connectivity index (χ0n) is 10.7. The van der Waals surface area contributed by atoms with E-state index in [0.29, 0.717) is 17.0 Å². The van der Waals surface area contributed by atoms with Crippen LogP contribution in [0.4, 0.5) is 0 Å². The van der Waals surface area contributed by atoms with Crippen LogP contribution >= 0.6 is 11.6 Å². The minimum absolute atomic E-state index is 0.0370. The molecule has 0 bridgehead atoms. The second-order valence-electron chi connectivity index (χ2n) is 4.51. The Morgan fingerprint density at radius 2 is 1.84 bits per heavy atom. The minimum Gasteiger partial charge on any atom is -0.336 e. The second-order valence-corrected chi connectivity index (χ2v) is 4.89. The number of alkyl halides is 1. The maximum Gasteiger partial charge on any atom is 0.253 e. The Balaban J connectivity index is 1.95. The molecule has 1 fully saturated rings. The van der Waals surface area contributed by atoms with Gasteiger partial charge in [0.05, 0.1) is 11.6 Å². The number of halogens is 1. The van der Waals surface area contributed by atoms with Gasteiger partial charge in [-0.15, -0.1) is 11.6 Å². The van der Waals surface area contributed by atoms with Crippen molar-refractivity contribution in [1.82, 2.24) is 9.80 Å². The van der Waals surface area contributed by atoms with Crippen LogP contribution in [0.25, 0.3) is 0 Å². The normalized spacial score (nSPS) is 16.1. The van der Waals surface area contributed by atoms with Gasteiger partial charge in [0.25, 0.3) is 5.91 Å². The van der Waals surface area contributed by atoms with Crippen molar-refractivity contribution in [2.75, 3.05) is 38.6 Å². The molecule has 1 saturated heterocycles. The molecule has 0 radical (unpaired) electrons. The fourth-order valence-corrected chi connectivity index (χ4v) is 2.40. The predicted octanol–water partition coefficient (Wildman–Crippen LogP) is 1.55. The molecule has 19 heavy (non-hydrogen) atoms. The zero-order chi connectivity index (χ0) is 13.7. The highest BCUT2D eigenvalue weighted by atomic mass is 35.5. The van der Waals surface area contributed by atoms with Crippen molar-refractivity contribution >= 4 is 17.5 Å². The second kappa shape index (κ2) is 6.55. The van der Waals surface area contributed by atoms with E-state index < -0.39 is 0 Å². The maximum atomic E-state index is 12.3. The Bertz CT molecular complexity index is 472. The first-order valence-electron chi connectivity index (χ1n) is 6.32. The van der Waals surface area contributed by atoms with Crippen molar-refractivity contribution in [2.45, 2.75) is 0 Å². The van der Waals surface area contributed by atoms with Crippen molar-refractivity contribution in [3.8, 4) is 6.07 Å². The first-order chi connectivity index (χ1) is 9.24. The Morgan fingerprint density at radius 1 is 1.21 bits per heavy atom. The molecule has 2 rings (SSSR count). The van der Waals surface area contributed by atoms with E-state index in [1.165, 1.54) is 0 Å². The maximum absolute atomic E-state index is 12.3. The van der Waals surface area contributed by atoms with Crippen molar-refractivity contribution < 1.29 is 4.79 Å². The van der Waals surface area contributed by atoms with E-state index in [-0.39, 0.29) is 5.91 Å². The van der Waals surface area contributed by atoms with Gasteiger partial charge in [0.1, 0.15) is 0 Å². The molecular weight excluding hydrogens is 262 g/mol. The van der Waals surface area contributed by atoms with Crippen molar-refractivity contribution in [3.63, 3.8) is 0 Å². The Hall–Kier alpha value is -1.57. The summed E-state index contributed by atoms with van der Waals surface area (Å²) in [6.45, 7) is 4.08. The number of rotatable bonds is 3. The zero-order valence-corrected chi connectivity index (χ0v) is 11.4. The molecule has 100 valence electrons. The highest BCUT2D eigenvalue weighted by molar-refractivity contribution is 6.18. The third-order valence-electron chi connectivity index (χ3n) is 3.32. The van der Waals surface area contributed by atoms with Crippen LogP contribution in [0.3, 0.4) is 0 Å². The molecule has 0 spiro atoms. The molecule has 1 aromatic rings. The first kappa shape index (κ1) is 13.9. The summed E-state index contributed by atoms with van der Waals surface area (Å²) in [6, 6.07) is 8.83. The summed E-state index contributed by atoms with van der Waals surface area (Å²) in [4.78, 5) is 16.4. The molecule has 0 aliphatic carbocycles. The summed E-state index contributed by atoms with van der Waals surface area (Å²) in [5.74, 6) is 0.666. The summed E-state index contributed by atoms with van der Waals surface area (Å²) in [5.41, 5.74) is 1.22. The van der Waals surface area contributed by atoms with Gasteiger partial charge in [-0.2, -0.15) is 5.26 Å². The minimum atomic E-state index is 0.0370. The third-order valence-corrected chi connectivity index (χ3v) is 3.49. The van der Waals surface area contributed by atoms with E-state index in [2.05, 4.69) is 4.90 Å². The summed E-state index contributed by atoms with van der Waals surface area (Å²) < 4.78 is 0. The predicted molar refractivity (Wildman–Crippen MR) is 74.2 cm³/mol. The van der Waals surface area contributed by atoms with E-state index in [4.69, 9.17) is 16.9 Å². The van der Waals surface area contributed by atoms with Crippen molar-refractivity contribution in [2.24, 2.45) is 0 Å². The number of amides is 1. The van der Waals surface area contributed by atoms with Gasteiger partial charge in [0.15, 0.2) is 0 Å². The van der Waals surface area contributed by atoms with E-state index in [1.54, 1.807) is 24.3 Å². The molecule has 0 atom stereocenters. The van der Waals surface area contributed by atoms with Crippen LogP contribution in [-0.2, 0) is 0 Å². The lowest BCUT2D eigenvalue weighted by atomic mass is 10.1. The highest BCUT2D eigenvalue weighted by Gasteiger charge is 2.21. The van der Waals surface area contributed by atoms with Gasteiger partial charge in [-0.1, -0.05) is 0 Å². The molecule has 0 saturated carbocycles. The number of hydrogen-bond donors (Lipinski definition) is 0. The molecule has 1 aliphatic rings. The first-order valence-corrected chi connectivity index (χ1v) is 6.86. The molecule has 0 aromatic heterocycles. The van der Waals surface area contributed by atoms with Crippen LogP contribution in [0.2, 0.25) is 0 Å². The highest BCUT2D eigenvalue weighted by Crippen LogP contribution is 2.10. The topological polar surface area (TPSA) is 47.3 Å². The van der Waals surface area contributed by atoms with Crippen LogP contribution < -0.4 is 0 Å². The van der Waals surface area contributed by atoms with E-state index in [1.807, 2.05) is 11.0 Å². The van der Waals surface area contributed by atoms with E-state index in [0.717, 1.165) is 32.7 Å². The van der Waals surface area contributed by atoms with Gasteiger partial charge in [0, 0.05) is 44.2 Å². The molecule has 1 aromatic carbocycles. The smallest absolute Gasteiger partial charge is 0.253 e. The van der Waals surface area contributed by atoms with Crippen LogP contribution in [0.15, 0.2) is 24.3 Å². The SMILES string of the molecule is N#Cc1ccc(C(=O)N2CCN(CCCl)CC2)cc1. The van der Waals surface area contributed by atoms with Gasteiger partial charge < -0.3 is 4.90 Å². The molecule has 1 heterocycles. The number of carbonyl (C=O) groups excluding carboxylic acids is 1. The molecule has 0 unspecified atom stereocenters. The number of piperazine rings is 1.